The Morgan fingerprint density at radius 2 is 2.31 bits per heavy atom. The molecular weight excluding hydrogens is 170 g/mol. The van der Waals surface area contributed by atoms with Crippen LogP contribution in [0.25, 0.3) is 0 Å². The van der Waals surface area contributed by atoms with Crippen LogP contribution in [0.1, 0.15) is 10.5 Å². The molecule has 0 atom stereocenters. The van der Waals surface area contributed by atoms with E-state index in [4.69, 9.17) is 0 Å². The Morgan fingerprint density at radius 3 is 2.92 bits per heavy atom. The van der Waals surface area contributed by atoms with Crippen molar-refractivity contribution in [3.8, 4) is 0 Å². The zero-order chi connectivity index (χ0) is 9.10. The number of nitrogens with zero attached hydrogens (tertiary/aromatic N) is 2. The van der Waals surface area contributed by atoms with Gasteiger partial charge in [0.15, 0.2) is 5.69 Å². The highest BCUT2D eigenvalue weighted by Crippen LogP contribution is 2.02. The fraction of sp³-hybridized carbons (Fsp3) is 0.500. The van der Waals surface area contributed by atoms with E-state index in [9.17, 15) is 4.79 Å². The summed E-state index contributed by atoms with van der Waals surface area (Å²) in [4.78, 5) is 13.4. The van der Waals surface area contributed by atoms with E-state index < -0.39 is 0 Å². The highest BCUT2D eigenvalue weighted by atomic mass is 16.5. The second-order valence-electron chi connectivity index (χ2n) is 2.93. The minimum Gasteiger partial charge on any atom is -0.364 e. The summed E-state index contributed by atoms with van der Waals surface area (Å²) in [6.45, 7) is 3.19. The number of hydrogen-bond acceptors (Lipinski definition) is 4. The third kappa shape index (κ3) is 1.70. The molecule has 0 aromatic carbocycles. The molecule has 13 heavy (non-hydrogen) atoms. The molecule has 1 fully saturated rings. The molecule has 5 nitrogen and oxygen atoms in total. The Hall–Kier alpha value is -1.36. The highest BCUT2D eigenvalue weighted by molar-refractivity contribution is 5.92. The van der Waals surface area contributed by atoms with Crippen molar-refractivity contribution in [2.75, 3.05) is 26.2 Å². The zero-order valence-electron chi connectivity index (χ0n) is 7.19. The van der Waals surface area contributed by atoms with E-state index in [2.05, 4.69) is 15.0 Å². The van der Waals surface area contributed by atoms with Gasteiger partial charge >= 0.3 is 0 Å². The van der Waals surface area contributed by atoms with Gasteiger partial charge in [-0.2, -0.15) is 0 Å². The Balaban J connectivity index is 2.04. The molecule has 1 aliphatic heterocycles. The molecule has 0 unspecified atom stereocenters. The highest BCUT2D eigenvalue weighted by Gasteiger charge is 2.19. The summed E-state index contributed by atoms with van der Waals surface area (Å²) in [5.41, 5.74) is 0.391. The first-order valence-corrected chi connectivity index (χ1v) is 4.28. The number of hydrogen-bond donors (Lipinski definition) is 1. The number of piperazine rings is 1. The molecule has 1 aromatic heterocycles. The van der Waals surface area contributed by atoms with Gasteiger partial charge in [-0.3, -0.25) is 4.79 Å². The van der Waals surface area contributed by atoms with Crippen molar-refractivity contribution in [1.29, 1.82) is 0 Å². The first-order valence-electron chi connectivity index (χ1n) is 4.28. The molecule has 1 aromatic rings. The monoisotopic (exact) mass is 181 g/mol. The maximum atomic E-state index is 11.6. The summed E-state index contributed by atoms with van der Waals surface area (Å²) in [5, 5.41) is 6.78. The quantitative estimate of drug-likeness (QED) is 0.647. The number of aromatic nitrogens is 1. The number of rotatable bonds is 1. The van der Waals surface area contributed by atoms with Crippen molar-refractivity contribution in [3.63, 3.8) is 0 Å². The van der Waals surface area contributed by atoms with Crippen molar-refractivity contribution in [2.45, 2.75) is 0 Å². The first kappa shape index (κ1) is 8.25. The number of carbonyl (C=O) groups is 1. The van der Waals surface area contributed by atoms with Gasteiger partial charge in [-0.15, -0.1) is 0 Å². The predicted molar refractivity (Wildman–Crippen MR) is 45.3 cm³/mol. The van der Waals surface area contributed by atoms with E-state index in [1.54, 1.807) is 11.0 Å². The summed E-state index contributed by atoms with van der Waals surface area (Å²) < 4.78 is 4.61. The number of nitrogens with one attached hydrogen (secondary N) is 1. The minimum atomic E-state index is -0.0461. The summed E-state index contributed by atoms with van der Waals surface area (Å²) in [6, 6.07) is 1.59. The Bertz CT molecular complexity index is 278. The zero-order valence-corrected chi connectivity index (χ0v) is 7.19. The van der Waals surface area contributed by atoms with Crippen molar-refractivity contribution in [2.24, 2.45) is 0 Å². The van der Waals surface area contributed by atoms with Crippen LogP contribution in [0.2, 0.25) is 0 Å². The van der Waals surface area contributed by atoms with Crippen LogP contribution in [0.15, 0.2) is 16.9 Å². The van der Waals surface area contributed by atoms with Crippen LogP contribution < -0.4 is 5.32 Å². The van der Waals surface area contributed by atoms with E-state index in [1.807, 2.05) is 0 Å². The average Bonchev–Trinajstić information content (AvgIpc) is 2.71. The molecule has 5 heteroatoms. The number of carbonyl (C=O) groups excluding carboxylic acids is 1. The normalized spacial score (nSPS) is 17.4. The van der Waals surface area contributed by atoms with Crippen molar-refractivity contribution < 1.29 is 9.32 Å². The van der Waals surface area contributed by atoms with Crippen LogP contribution in [-0.2, 0) is 0 Å². The molecule has 0 bridgehead atoms. The molecule has 2 rings (SSSR count). The van der Waals surface area contributed by atoms with E-state index in [1.165, 1.54) is 6.26 Å². The van der Waals surface area contributed by atoms with Crippen LogP contribution in [0, 0.1) is 0 Å². The Kier molecular flexibility index (Phi) is 2.27. The summed E-state index contributed by atoms with van der Waals surface area (Å²) in [7, 11) is 0. The van der Waals surface area contributed by atoms with Crippen LogP contribution >= 0.6 is 0 Å². The Labute approximate surface area is 75.7 Å². The standard InChI is InChI=1S/C8H11N3O2/c12-8(7-1-6-13-10-7)11-4-2-9-3-5-11/h1,6,9H,2-5H2. The topological polar surface area (TPSA) is 58.4 Å². The Morgan fingerprint density at radius 1 is 1.54 bits per heavy atom. The molecule has 0 aliphatic carbocycles. The molecule has 1 aliphatic rings. The third-order valence-corrected chi connectivity index (χ3v) is 2.06. The lowest BCUT2D eigenvalue weighted by Gasteiger charge is -2.26. The van der Waals surface area contributed by atoms with Gasteiger partial charge in [0.2, 0.25) is 0 Å². The maximum absolute atomic E-state index is 11.6. The molecule has 70 valence electrons. The predicted octanol–water partition coefficient (Wildman–Crippen LogP) is -0.280. The van der Waals surface area contributed by atoms with Gasteiger partial charge in [-0.1, -0.05) is 5.16 Å². The maximum Gasteiger partial charge on any atom is 0.276 e. The van der Waals surface area contributed by atoms with Crippen LogP contribution in [0.4, 0.5) is 0 Å². The second-order valence-corrected chi connectivity index (χ2v) is 2.93. The van der Waals surface area contributed by atoms with Gasteiger partial charge in [0.05, 0.1) is 0 Å². The molecule has 0 spiro atoms. The summed E-state index contributed by atoms with van der Waals surface area (Å²) >= 11 is 0. The van der Waals surface area contributed by atoms with Crippen molar-refractivity contribution in [1.82, 2.24) is 15.4 Å². The van der Waals surface area contributed by atoms with Crippen LogP contribution in [0.3, 0.4) is 0 Å². The lowest BCUT2D eigenvalue weighted by molar-refractivity contribution is 0.0725. The van der Waals surface area contributed by atoms with Crippen LogP contribution in [-0.4, -0.2) is 42.1 Å². The van der Waals surface area contributed by atoms with E-state index in [-0.39, 0.29) is 5.91 Å². The first-order chi connectivity index (χ1) is 6.38. The lowest BCUT2D eigenvalue weighted by atomic mass is 10.3. The van der Waals surface area contributed by atoms with Gasteiger partial charge < -0.3 is 14.7 Å². The molecule has 1 saturated heterocycles. The largest absolute Gasteiger partial charge is 0.364 e. The van der Waals surface area contributed by atoms with Gasteiger partial charge in [-0.25, -0.2) is 0 Å². The molecule has 0 radical (unpaired) electrons. The molecule has 1 amide bonds. The second kappa shape index (κ2) is 3.57. The van der Waals surface area contributed by atoms with Crippen molar-refractivity contribution >= 4 is 5.91 Å². The van der Waals surface area contributed by atoms with Crippen LogP contribution in [0.5, 0.6) is 0 Å². The van der Waals surface area contributed by atoms with E-state index in [0.717, 1.165) is 26.2 Å². The fourth-order valence-electron chi connectivity index (χ4n) is 1.35. The smallest absolute Gasteiger partial charge is 0.276 e. The van der Waals surface area contributed by atoms with Gasteiger partial charge in [0.1, 0.15) is 6.26 Å². The lowest BCUT2D eigenvalue weighted by Crippen LogP contribution is -2.46. The molecule has 0 saturated carbocycles. The summed E-state index contributed by atoms with van der Waals surface area (Å²) in [5.74, 6) is -0.0461. The van der Waals surface area contributed by atoms with Crippen molar-refractivity contribution in [3.05, 3.63) is 18.0 Å². The van der Waals surface area contributed by atoms with Gasteiger partial charge in [0, 0.05) is 32.2 Å². The number of amides is 1. The SMILES string of the molecule is O=C(c1ccon1)N1CCNCC1. The molecule has 2 heterocycles. The average molecular weight is 181 g/mol. The van der Waals surface area contributed by atoms with E-state index in [0.29, 0.717) is 5.69 Å². The third-order valence-electron chi connectivity index (χ3n) is 2.06. The van der Waals surface area contributed by atoms with Gasteiger partial charge in [-0.05, 0) is 0 Å². The van der Waals surface area contributed by atoms with Gasteiger partial charge in [0.25, 0.3) is 5.91 Å². The molecule has 1 N–H and O–H groups in total. The summed E-state index contributed by atoms with van der Waals surface area (Å²) in [6.07, 6.45) is 1.41. The fourth-order valence-corrected chi connectivity index (χ4v) is 1.35. The van der Waals surface area contributed by atoms with E-state index >= 15 is 0 Å². The molecular formula is C8H11N3O2. The minimum absolute atomic E-state index is 0.0461.